The van der Waals surface area contributed by atoms with Crippen LogP contribution in [-0.2, 0) is 4.74 Å². The molecule has 1 N–H and O–H groups in total. The van der Waals surface area contributed by atoms with Crippen molar-refractivity contribution in [1.29, 1.82) is 0 Å². The van der Waals surface area contributed by atoms with Gasteiger partial charge in [-0.05, 0) is 68.8 Å². The molecule has 0 spiro atoms. The van der Waals surface area contributed by atoms with Crippen molar-refractivity contribution in [2.24, 2.45) is 0 Å². The lowest BCUT2D eigenvalue weighted by Gasteiger charge is -2.21. The van der Waals surface area contributed by atoms with Crippen LogP contribution in [0.1, 0.15) is 56.2 Å². The van der Waals surface area contributed by atoms with Crippen LogP contribution >= 0.6 is 0 Å². The number of halogens is 1. The molecule has 2 nitrogen and oxygen atoms in total. The first-order valence-corrected chi connectivity index (χ1v) is 7.81. The molecule has 112 valence electrons. The summed E-state index contributed by atoms with van der Waals surface area (Å²) in [5.41, 5.74) is 2.26. The van der Waals surface area contributed by atoms with E-state index in [1.165, 1.54) is 18.9 Å². The number of hydrogen-bond donors (Lipinski definition) is 1. The molecule has 2 unspecified atom stereocenters. The van der Waals surface area contributed by atoms with Gasteiger partial charge in [-0.15, -0.1) is 0 Å². The highest BCUT2D eigenvalue weighted by atomic mass is 19.1. The van der Waals surface area contributed by atoms with E-state index in [2.05, 4.69) is 19.2 Å². The highest BCUT2D eigenvalue weighted by Gasteiger charge is 2.17. The average molecular weight is 279 g/mol. The Morgan fingerprint density at radius 1 is 1.45 bits per heavy atom. The molecular formula is C17H26FNO. The molecule has 0 aromatic heterocycles. The molecular weight excluding hydrogens is 253 g/mol. The van der Waals surface area contributed by atoms with E-state index >= 15 is 0 Å². The summed E-state index contributed by atoms with van der Waals surface area (Å²) in [7, 11) is 0. The minimum atomic E-state index is -0.146. The first kappa shape index (κ1) is 15.5. The van der Waals surface area contributed by atoms with Crippen LogP contribution < -0.4 is 5.32 Å². The number of hydrogen-bond acceptors (Lipinski definition) is 2. The van der Waals surface area contributed by atoms with Gasteiger partial charge in [0.25, 0.3) is 0 Å². The second kappa shape index (κ2) is 7.75. The lowest BCUT2D eigenvalue weighted by molar-refractivity contribution is 0.101. The van der Waals surface area contributed by atoms with E-state index in [1.54, 1.807) is 6.07 Å². The van der Waals surface area contributed by atoms with Gasteiger partial charge in [0.2, 0.25) is 0 Å². The smallest absolute Gasteiger partial charge is 0.123 e. The molecule has 0 bridgehead atoms. The average Bonchev–Trinajstić information content (AvgIpc) is 2.94. The largest absolute Gasteiger partial charge is 0.378 e. The van der Waals surface area contributed by atoms with Crippen molar-refractivity contribution in [2.75, 3.05) is 13.2 Å². The van der Waals surface area contributed by atoms with E-state index in [4.69, 9.17) is 4.74 Å². The fraction of sp³-hybridized carbons (Fsp3) is 0.647. The number of aryl methyl sites for hydroxylation is 1. The summed E-state index contributed by atoms with van der Waals surface area (Å²) in [6.45, 7) is 5.98. The second-order valence-corrected chi connectivity index (χ2v) is 5.68. The fourth-order valence-corrected chi connectivity index (χ4v) is 3.02. The van der Waals surface area contributed by atoms with Gasteiger partial charge in [0, 0.05) is 12.6 Å². The molecule has 2 atom stereocenters. The van der Waals surface area contributed by atoms with E-state index in [0.717, 1.165) is 43.5 Å². The minimum absolute atomic E-state index is 0.146. The standard InChI is InChI=1S/C17H26FNO/c1-3-19-17(8-4-6-15-7-5-11-20-15)16-12-14(18)10-9-13(16)2/h9-10,12,15,17,19H,3-8,11H2,1-2H3. The second-order valence-electron chi connectivity index (χ2n) is 5.68. The van der Waals surface area contributed by atoms with E-state index in [9.17, 15) is 4.39 Å². The predicted molar refractivity (Wildman–Crippen MR) is 80.4 cm³/mol. The molecule has 0 aliphatic carbocycles. The van der Waals surface area contributed by atoms with Gasteiger partial charge in [-0.25, -0.2) is 4.39 Å². The van der Waals surface area contributed by atoms with Gasteiger partial charge in [0.15, 0.2) is 0 Å². The summed E-state index contributed by atoms with van der Waals surface area (Å²) in [6, 6.07) is 5.33. The zero-order chi connectivity index (χ0) is 14.4. The van der Waals surface area contributed by atoms with Crippen molar-refractivity contribution >= 4 is 0 Å². The van der Waals surface area contributed by atoms with Crippen LogP contribution in [0.25, 0.3) is 0 Å². The third-order valence-corrected chi connectivity index (χ3v) is 4.11. The predicted octanol–water partition coefficient (Wildman–Crippen LogP) is 4.13. The topological polar surface area (TPSA) is 21.3 Å². The molecule has 0 amide bonds. The van der Waals surface area contributed by atoms with Gasteiger partial charge in [-0.1, -0.05) is 13.0 Å². The molecule has 0 radical (unpaired) electrons. The third-order valence-electron chi connectivity index (χ3n) is 4.11. The molecule has 20 heavy (non-hydrogen) atoms. The molecule has 3 heteroatoms. The zero-order valence-electron chi connectivity index (χ0n) is 12.6. The maximum Gasteiger partial charge on any atom is 0.123 e. The third kappa shape index (κ3) is 4.29. The maximum atomic E-state index is 13.5. The Hall–Kier alpha value is -0.930. The number of benzene rings is 1. The van der Waals surface area contributed by atoms with Crippen molar-refractivity contribution in [3.63, 3.8) is 0 Å². The number of ether oxygens (including phenoxy) is 1. The maximum absolute atomic E-state index is 13.5. The van der Waals surface area contributed by atoms with Crippen molar-refractivity contribution < 1.29 is 9.13 Å². The molecule has 1 aromatic rings. The summed E-state index contributed by atoms with van der Waals surface area (Å²) in [6.07, 6.45) is 6.13. The summed E-state index contributed by atoms with van der Waals surface area (Å²) < 4.78 is 19.1. The monoisotopic (exact) mass is 279 g/mol. The Morgan fingerprint density at radius 2 is 2.30 bits per heavy atom. The van der Waals surface area contributed by atoms with E-state index in [0.29, 0.717) is 6.10 Å². The Kier molecular flexibility index (Phi) is 5.99. The molecule has 1 fully saturated rings. The van der Waals surface area contributed by atoms with Crippen molar-refractivity contribution in [1.82, 2.24) is 5.32 Å². The van der Waals surface area contributed by atoms with Crippen LogP contribution in [-0.4, -0.2) is 19.3 Å². The van der Waals surface area contributed by atoms with Gasteiger partial charge < -0.3 is 10.1 Å². The SMILES string of the molecule is CCNC(CCCC1CCCO1)c1cc(F)ccc1C. The van der Waals surface area contributed by atoms with Gasteiger partial charge >= 0.3 is 0 Å². The van der Waals surface area contributed by atoms with E-state index in [1.807, 2.05) is 6.07 Å². The molecule has 1 aromatic carbocycles. The Morgan fingerprint density at radius 3 is 3.00 bits per heavy atom. The first-order valence-electron chi connectivity index (χ1n) is 7.81. The summed E-state index contributed by atoms with van der Waals surface area (Å²) in [5.74, 6) is -0.146. The molecule has 1 aliphatic rings. The zero-order valence-corrected chi connectivity index (χ0v) is 12.6. The molecule has 1 heterocycles. The van der Waals surface area contributed by atoms with Crippen LogP contribution in [0.15, 0.2) is 18.2 Å². The van der Waals surface area contributed by atoms with Crippen molar-refractivity contribution in [3.05, 3.63) is 35.1 Å². The normalized spacial score (nSPS) is 20.2. The molecule has 1 aliphatic heterocycles. The highest BCUT2D eigenvalue weighted by Crippen LogP contribution is 2.25. The molecule has 1 saturated heterocycles. The lowest BCUT2D eigenvalue weighted by atomic mass is 9.95. The highest BCUT2D eigenvalue weighted by molar-refractivity contribution is 5.29. The van der Waals surface area contributed by atoms with Gasteiger partial charge in [0.05, 0.1) is 6.10 Å². The van der Waals surface area contributed by atoms with Crippen LogP contribution in [0.5, 0.6) is 0 Å². The lowest BCUT2D eigenvalue weighted by Crippen LogP contribution is -2.22. The van der Waals surface area contributed by atoms with E-state index < -0.39 is 0 Å². The quantitative estimate of drug-likeness (QED) is 0.810. The molecule has 2 rings (SSSR count). The first-order chi connectivity index (χ1) is 9.70. The van der Waals surface area contributed by atoms with Crippen LogP contribution in [0.2, 0.25) is 0 Å². The molecule has 0 saturated carbocycles. The Bertz CT molecular complexity index is 415. The van der Waals surface area contributed by atoms with Gasteiger partial charge in [-0.3, -0.25) is 0 Å². The fourth-order valence-electron chi connectivity index (χ4n) is 3.02. The van der Waals surface area contributed by atoms with E-state index in [-0.39, 0.29) is 11.9 Å². The van der Waals surface area contributed by atoms with Gasteiger partial charge in [0.1, 0.15) is 5.82 Å². The minimum Gasteiger partial charge on any atom is -0.378 e. The Labute approximate surface area is 121 Å². The van der Waals surface area contributed by atoms with Crippen molar-refractivity contribution in [2.45, 2.75) is 58.1 Å². The number of rotatable bonds is 7. The van der Waals surface area contributed by atoms with Crippen LogP contribution in [0.3, 0.4) is 0 Å². The van der Waals surface area contributed by atoms with Gasteiger partial charge in [-0.2, -0.15) is 0 Å². The number of nitrogens with one attached hydrogen (secondary N) is 1. The van der Waals surface area contributed by atoms with Crippen molar-refractivity contribution in [3.8, 4) is 0 Å². The van der Waals surface area contributed by atoms with Crippen LogP contribution in [0, 0.1) is 12.7 Å². The summed E-state index contributed by atoms with van der Waals surface area (Å²) >= 11 is 0. The Balaban J connectivity index is 1.93. The summed E-state index contributed by atoms with van der Waals surface area (Å²) in [4.78, 5) is 0. The van der Waals surface area contributed by atoms with Crippen LogP contribution in [0.4, 0.5) is 4.39 Å². The summed E-state index contributed by atoms with van der Waals surface area (Å²) in [5, 5.41) is 3.48.